The van der Waals surface area contributed by atoms with Gasteiger partial charge in [0.25, 0.3) is 0 Å². The number of aromatic nitrogens is 4. The van der Waals surface area contributed by atoms with Crippen molar-refractivity contribution in [2.24, 2.45) is 0 Å². The van der Waals surface area contributed by atoms with Gasteiger partial charge in [-0.3, -0.25) is 4.79 Å². The highest BCUT2D eigenvalue weighted by Crippen LogP contribution is 2.30. The van der Waals surface area contributed by atoms with Gasteiger partial charge >= 0.3 is 0 Å². The Kier molecular flexibility index (Phi) is 5.44. The minimum absolute atomic E-state index is 0.154. The second-order valence-electron chi connectivity index (χ2n) is 8.52. The molecule has 0 atom stereocenters. The number of rotatable bonds is 4. The van der Waals surface area contributed by atoms with Gasteiger partial charge in [0.1, 0.15) is 0 Å². The summed E-state index contributed by atoms with van der Waals surface area (Å²) >= 11 is 0. The normalized spacial score (nSPS) is 17.8. The van der Waals surface area contributed by atoms with Crippen molar-refractivity contribution in [2.45, 2.75) is 45.1 Å². The highest BCUT2D eigenvalue weighted by molar-refractivity contribution is 5.75. The number of fused-ring (bicyclic) bond motifs is 1. The van der Waals surface area contributed by atoms with E-state index in [0.29, 0.717) is 12.0 Å². The maximum Gasteiger partial charge on any atom is 0.229 e. The summed E-state index contributed by atoms with van der Waals surface area (Å²) in [5.41, 5.74) is 3.03. The van der Waals surface area contributed by atoms with E-state index < -0.39 is 0 Å². The second-order valence-corrected chi connectivity index (χ2v) is 8.52. The summed E-state index contributed by atoms with van der Waals surface area (Å²) in [6.45, 7) is 4.90. The molecule has 0 radical (unpaired) electrons. The van der Waals surface area contributed by atoms with Crippen molar-refractivity contribution in [3.63, 3.8) is 0 Å². The number of nitrogens with zero attached hydrogens (tertiary/aromatic N) is 6. The summed E-state index contributed by atoms with van der Waals surface area (Å²) in [6, 6.07) is 8.77. The van der Waals surface area contributed by atoms with Gasteiger partial charge in [0, 0.05) is 50.7 Å². The zero-order valence-electron chi connectivity index (χ0n) is 18.0. The molecule has 1 aromatic carbocycles. The average Bonchev–Trinajstić information content (AvgIpc) is 3.23. The van der Waals surface area contributed by atoms with Gasteiger partial charge in [0.15, 0.2) is 5.65 Å². The van der Waals surface area contributed by atoms with Gasteiger partial charge in [-0.2, -0.15) is 10.1 Å². The molecular formula is C23H29N7O. The summed E-state index contributed by atoms with van der Waals surface area (Å²) in [6.07, 6.45) is 9.90. The fourth-order valence-electron chi connectivity index (χ4n) is 4.65. The summed E-state index contributed by atoms with van der Waals surface area (Å²) in [4.78, 5) is 25.0. The topological polar surface area (TPSA) is 79.2 Å². The summed E-state index contributed by atoms with van der Waals surface area (Å²) in [5, 5.41) is 8.92. The molecule has 2 fully saturated rings. The SMILES string of the molecule is CC(=O)N1CCN(c2ccc(Nc3ncc4cnn(C5CCCCC5)c4n3)cc2)CC1. The zero-order valence-corrected chi connectivity index (χ0v) is 18.0. The van der Waals surface area contributed by atoms with Crippen molar-refractivity contribution in [3.8, 4) is 0 Å². The van der Waals surface area contributed by atoms with Gasteiger partial charge in [-0.05, 0) is 37.1 Å². The fourth-order valence-corrected chi connectivity index (χ4v) is 4.65. The van der Waals surface area contributed by atoms with E-state index in [9.17, 15) is 4.79 Å². The van der Waals surface area contributed by atoms with E-state index in [1.807, 2.05) is 17.3 Å². The molecule has 1 aliphatic heterocycles. The molecule has 5 rings (SSSR count). The number of nitrogens with one attached hydrogen (secondary N) is 1. The number of hydrogen-bond acceptors (Lipinski definition) is 6. The van der Waals surface area contributed by atoms with Crippen LogP contribution < -0.4 is 10.2 Å². The van der Waals surface area contributed by atoms with Crippen molar-refractivity contribution in [2.75, 3.05) is 36.4 Å². The van der Waals surface area contributed by atoms with Gasteiger partial charge < -0.3 is 15.1 Å². The minimum atomic E-state index is 0.154. The van der Waals surface area contributed by atoms with Crippen LogP contribution >= 0.6 is 0 Å². The Labute approximate surface area is 182 Å². The van der Waals surface area contributed by atoms with Crippen LogP contribution in [0.4, 0.5) is 17.3 Å². The summed E-state index contributed by atoms with van der Waals surface area (Å²) in [5.74, 6) is 0.744. The minimum Gasteiger partial charge on any atom is -0.368 e. The predicted molar refractivity (Wildman–Crippen MR) is 122 cm³/mol. The lowest BCUT2D eigenvalue weighted by atomic mass is 9.96. The smallest absolute Gasteiger partial charge is 0.229 e. The maximum atomic E-state index is 11.5. The zero-order chi connectivity index (χ0) is 21.2. The summed E-state index contributed by atoms with van der Waals surface area (Å²) < 4.78 is 2.09. The molecule has 8 nitrogen and oxygen atoms in total. The lowest BCUT2D eigenvalue weighted by Crippen LogP contribution is -2.48. The molecule has 0 bridgehead atoms. The van der Waals surface area contributed by atoms with E-state index in [-0.39, 0.29) is 5.91 Å². The molecule has 1 saturated heterocycles. The van der Waals surface area contributed by atoms with Crippen molar-refractivity contribution in [3.05, 3.63) is 36.7 Å². The van der Waals surface area contributed by atoms with Crippen molar-refractivity contribution in [1.82, 2.24) is 24.6 Å². The molecule has 8 heteroatoms. The quantitative estimate of drug-likeness (QED) is 0.694. The van der Waals surface area contributed by atoms with Crippen LogP contribution in [0.1, 0.15) is 45.1 Å². The molecular weight excluding hydrogens is 390 g/mol. The monoisotopic (exact) mass is 419 g/mol. The third-order valence-corrected chi connectivity index (χ3v) is 6.47. The van der Waals surface area contributed by atoms with E-state index in [1.165, 1.54) is 37.8 Å². The maximum absolute atomic E-state index is 11.5. The molecule has 2 aromatic heterocycles. The first-order valence-electron chi connectivity index (χ1n) is 11.3. The molecule has 2 aliphatic rings. The Balaban J connectivity index is 1.28. The van der Waals surface area contributed by atoms with Gasteiger partial charge in [-0.1, -0.05) is 19.3 Å². The first kappa shape index (κ1) is 19.8. The molecule has 1 aliphatic carbocycles. The summed E-state index contributed by atoms with van der Waals surface area (Å²) in [7, 11) is 0. The molecule has 0 unspecified atom stereocenters. The Morgan fingerprint density at radius 3 is 2.45 bits per heavy atom. The highest BCUT2D eigenvalue weighted by atomic mass is 16.2. The molecule has 1 amide bonds. The van der Waals surface area contributed by atoms with E-state index in [1.54, 1.807) is 6.92 Å². The largest absolute Gasteiger partial charge is 0.368 e. The van der Waals surface area contributed by atoms with Crippen LogP contribution in [0.2, 0.25) is 0 Å². The molecule has 0 spiro atoms. The first-order chi connectivity index (χ1) is 15.2. The van der Waals surface area contributed by atoms with Crippen molar-refractivity contribution in [1.29, 1.82) is 0 Å². The number of carbonyl (C=O) groups excluding carboxylic acids is 1. The lowest BCUT2D eigenvalue weighted by Gasteiger charge is -2.35. The van der Waals surface area contributed by atoms with Gasteiger partial charge in [-0.25, -0.2) is 9.67 Å². The van der Waals surface area contributed by atoms with Crippen LogP contribution in [0.3, 0.4) is 0 Å². The van der Waals surface area contributed by atoms with E-state index >= 15 is 0 Å². The van der Waals surface area contributed by atoms with Crippen LogP contribution in [0.5, 0.6) is 0 Å². The number of amides is 1. The van der Waals surface area contributed by atoms with Crippen LogP contribution in [0, 0.1) is 0 Å². The van der Waals surface area contributed by atoms with Gasteiger partial charge in [-0.15, -0.1) is 0 Å². The Bertz CT molecular complexity index is 1050. The van der Waals surface area contributed by atoms with Crippen LogP contribution in [0.15, 0.2) is 36.7 Å². The van der Waals surface area contributed by atoms with E-state index in [4.69, 9.17) is 4.98 Å². The number of piperazine rings is 1. The Morgan fingerprint density at radius 1 is 1.00 bits per heavy atom. The number of carbonyl (C=O) groups is 1. The third-order valence-electron chi connectivity index (χ3n) is 6.47. The second kappa shape index (κ2) is 8.53. The van der Waals surface area contributed by atoms with Crippen LogP contribution in [-0.4, -0.2) is 56.7 Å². The number of hydrogen-bond donors (Lipinski definition) is 1. The van der Waals surface area contributed by atoms with E-state index in [0.717, 1.165) is 42.9 Å². The highest BCUT2D eigenvalue weighted by Gasteiger charge is 2.20. The van der Waals surface area contributed by atoms with Crippen molar-refractivity contribution >= 4 is 34.3 Å². The average molecular weight is 420 g/mol. The third kappa shape index (κ3) is 4.19. The number of benzene rings is 1. The van der Waals surface area contributed by atoms with Gasteiger partial charge in [0.05, 0.1) is 17.6 Å². The Hall–Kier alpha value is -3.16. The molecule has 3 aromatic rings. The van der Waals surface area contributed by atoms with Crippen molar-refractivity contribution < 1.29 is 4.79 Å². The number of anilines is 3. The predicted octanol–water partition coefficient (Wildman–Crippen LogP) is 3.74. The first-order valence-corrected chi connectivity index (χ1v) is 11.3. The molecule has 1 N–H and O–H groups in total. The lowest BCUT2D eigenvalue weighted by molar-refractivity contribution is -0.129. The Morgan fingerprint density at radius 2 is 1.74 bits per heavy atom. The fraction of sp³-hybridized carbons (Fsp3) is 0.478. The standard InChI is InChI=1S/C23H29N7O/c1-17(31)28-11-13-29(14-12-28)20-9-7-19(8-10-20)26-23-24-15-18-16-25-30(22(18)27-23)21-5-3-2-4-6-21/h7-10,15-16,21H,2-6,11-14H2,1H3,(H,24,26,27). The van der Waals surface area contributed by atoms with Gasteiger partial charge in [0.2, 0.25) is 11.9 Å². The van der Waals surface area contributed by atoms with E-state index in [2.05, 4.69) is 49.2 Å². The molecule has 1 saturated carbocycles. The van der Waals surface area contributed by atoms with Crippen LogP contribution in [-0.2, 0) is 4.79 Å². The molecule has 162 valence electrons. The van der Waals surface area contributed by atoms with Crippen LogP contribution in [0.25, 0.3) is 11.0 Å². The molecule has 3 heterocycles. The molecule has 31 heavy (non-hydrogen) atoms.